The van der Waals surface area contributed by atoms with Gasteiger partial charge in [0, 0.05) is 37.0 Å². The third-order valence-electron chi connectivity index (χ3n) is 5.97. The molecule has 2 aliphatic rings. The number of nitrogens with zero attached hydrogens (tertiary/aromatic N) is 2. The predicted molar refractivity (Wildman–Crippen MR) is 115 cm³/mol. The van der Waals surface area contributed by atoms with Gasteiger partial charge in [0.15, 0.2) is 0 Å². The van der Waals surface area contributed by atoms with Crippen LogP contribution in [0.4, 0.5) is 4.39 Å². The molecule has 2 aliphatic heterocycles. The number of fused-ring (bicyclic) bond motifs is 2. The van der Waals surface area contributed by atoms with E-state index in [1.54, 1.807) is 17.2 Å². The lowest BCUT2D eigenvalue weighted by atomic mass is 9.95. The van der Waals surface area contributed by atoms with Gasteiger partial charge in [0.2, 0.25) is 0 Å². The van der Waals surface area contributed by atoms with Crippen molar-refractivity contribution in [3.8, 4) is 11.4 Å². The molecule has 3 aromatic rings. The number of primary amides is 1. The van der Waals surface area contributed by atoms with Crippen LogP contribution in [0.5, 0.6) is 5.75 Å². The molecule has 32 heavy (non-hydrogen) atoms. The minimum Gasteiger partial charge on any atom is -0.493 e. The number of rotatable bonds is 3. The third-order valence-corrected chi connectivity index (χ3v) is 5.97. The van der Waals surface area contributed by atoms with Gasteiger partial charge >= 0.3 is 0 Å². The van der Waals surface area contributed by atoms with E-state index in [1.807, 2.05) is 12.1 Å². The molecule has 7 nitrogen and oxygen atoms in total. The Hall–Kier alpha value is -3.94. The van der Waals surface area contributed by atoms with Gasteiger partial charge in [-0.2, -0.15) is 0 Å². The lowest BCUT2D eigenvalue weighted by Crippen LogP contribution is -2.40. The number of carbonyl (C=O) groups is 2. The highest BCUT2D eigenvalue weighted by molar-refractivity contribution is 5.96. The summed E-state index contributed by atoms with van der Waals surface area (Å²) in [5, 5.41) is 0. The van der Waals surface area contributed by atoms with Crippen LogP contribution in [-0.2, 0) is 19.4 Å². The SMILES string of the molecule is NC(=O)c1c2c(cn(-c3ccc(F)cc3)c1=O)CN(C(=O)c1ccc3c(c1)CCO3)CC2. The number of benzene rings is 2. The quantitative estimate of drug-likeness (QED) is 0.685. The molecule has 8 heteroatoms. The van der Waals surface area contributed by atoms with Gasteiger partial charge in [0.1, 0.15) is 17.1 Å². The number of hydrogen-bond donors (Lipinski definition) is 1. The highest BCUT2D eigenvalue weighted by Gasteiger charge is 2.28. The van der Waals surface area contributed by atoms with E-state index in [-0.39, 0.29) is 18.0 Å². The monoisotopic (exact) mass is 433 g/mol. The second-order valence-corrected chi connectivity index (χ2v) is 7.92. The standard InChI is InChI=1S/C24H20FN3O4/c25-17-2-4-18(5-3-17)28-13-16-12-27(9-7-19(16)21(22(26)29)24(28)31)23(30)15-1-6-20-14(11-15)8-10-32-20/h1-6,11,13H,7-10,12H2,(H2,26,29). The summed E-state index contributed by atoms with van der Waals surface area (Å²) in [6.07, 6.45) is 2.71. The lowest BCUT2D eigenvalue weighted by molar-refractivity contribution is 0.0734. The van der Waals surface area contributed by atoms with Crippen LogP contribution in [0.2, 0.25) is 0 Å². The third kappa shape index (κ3) is 3.33. The molecule has 5 rings (SSSR count). The van der Waals surface area contributed by atoms with E-state index in [9.17, 15) is 18.8 Å². The average molecular weight is 433 g/mol. The molecule has 1 aromatic heterocycles. The maximum atomic E-state index is 13.4. The maximum absolute atomic E-state index is 13.4. The minimum atomic E-state index is -0.818. The fourth-order valence-electron chi connectivity index (χ4n) is 4.38. The lowest BCUT2D eigenvalue weighted by Gasteiger charge is -2.30. The second kappa shape index (κ2) is 7.64. The van der Waals surface area contributed by atoms with Gasteiger partial charge in [0.25, 0.3) is 17.4 Å². The highest BCUT2D eigenvalue weighted by Crippen LogP contribution is 2.28. The number of amides is 2. The van der Waals surface area contributed by atoms with Gasteiger partial charge in [-0.1, -0.05) is 0 Å². The van der Waals surface area contributed by atoms with E-state index in [0.717, 1.165) is 17.7 Å². The van der Waals surface area contributed by atoms with Crippen molar-refractivity contribution in [1.29, 1.82) is 0 Å². The van der Waals surface area contributed by atoms with Crippen molar-refractivity contribution in [2.75, 3.05) is 13.2 Å². The normalized spacial score (nSPS) is 14.5. The Morgan fingerprint density at radius 2 is 1.81 bits per heavy atom. The Labute approximate surface area is 182 Å². The van der Waals surface area contributed by atoms with Crippen molar-refractivity contribution in [2.45, 2.75) is 19.4 Å². The molecule has 3 heterocycles. The molecule has 0 radical (unpaired) electrons. The highest BCUT2D eigenvalue weighted by atomic mass is 19.1. The van der Waals surface area contributed by atoms with Crippen molar-refractivity contribution >= 4 is 11.8 Å². The molecule has 0 spiro atoms. The Morgan fingerprint density at radius 3 is 2.56 bits per heavy atom. The van der Waals surface area contributed by atoms with Crippen molar-refractivity contribution in [1.82, 2.24) is 9.47 Å². The Balaban J connectivity index is 1.53. The van der Waals surface area contributed by atoms with E-state index < -0.39 is 17.3 Å². The van der Waals surface area contributed by atoms with Gasteiger partial charge in [-0.3, -0.25) is 19.0 Å². The number of carbonyl (C=O) groups excluding carboxylic acids is 2. The summed E-state index contributed by atoms with van der Waals surface area (Å²) in [5.41, 5.74) is 8.10. The first-order valence-electron chi connectivity index (χ1n) is 10.3. The van der Waals surface area contributed by atoms with Gasteiger partial charge < -0.3 is 15.4 Å². The molecule has 0 aliphatic carbocycles. The van der Waals surface area contributed by atoms with E-state index in [1.165, 1.54) is 28.8 Å². The first-order chi connectivity index (χ1) is 15.4. The Morgan fingerprint density at radius 1 is 1.03 bits per heavy atom. The molecule has 0 saturated heterocycles. The summed E-state index contributed by atoms with van der Waals surface area (Å²) in [5.74, 6) is -0.585. The number of aromatic nitrogens is 1. The van der Waals surface area contributed by atoms with Gasteiger partial charge in [-0.25, -0.2) is 4.39 Å². The second-order valence-electron chi connectivity index (χ2n) is 7.92. The summed E-state index contributed by atoms with van der Waals surface area (Å²) in [4.78, 5) is 40.0. The number of ether oxygens (including phenoxy) is 1. The molecular weight excluding hydrogens is 413 g/mol. The summed E-state index contributed by atoms with van der Waals surface area (Å²) in [6.45, 7) is 1.20. The summed E-state index contributed by atoms with van der Waals surface area (Å²) < 4.78 is 20.1. The van der Waals surface area contributed by atoms with Crippen LogP contribution in [0.3, 0.4) is 0 Å². The molecule has 0 unspecified atom stereocenters. The minimum absolute atomic E-state index is 0.0893. The molecule has 0 saturated carbocycles. The topological polar surface area (TPSA) is 94.6 Å². The van der Waals surface area contributed by atoms with Crippen LogP contribution in [-0.4, -0.2) is 34.4 Å². The Kier molecular flexibility index (Phi) is 4.77. The van der Waals surface area contributed by atoms with Crippen molar-refractivity contribution in [3.05, 3.63) is 92.6 Å². The van der Waals surface area contributed by atoms with Crippen LogP contribution in [0.1, 0.15) is 37.4 Å². The van der Waals surface area contributed by atoms with E-state index in [2.05, 4.69) is 0 Å². The van der Waals surface area contributed by atoms with Crippen LogP contribution in [0, 0.1) is 5.82 Å². The van der Waals surface area contributed by atoms with Gasteiger partial charge in [-0.15, -0.1) is 0 Å². The first-order valence-corrected chi connectivity index (χ1v) is 10.3. The fourth-order valence-corrected chi connectivity index (χ4v) is 4.38. The average Bonchev–Trinajstić information content (AvgIpc) is 3.26. The maximum Gasteiger partial charge on any atom is 0.268 e. The van der Waals surface area contributed by atoms with Gasteiger partial charge in [0.05, 0.1) is 6.61 Å². The number of hydrogen-bond acceptors (Lipinski definition) is 4. The van der Waals surface area contributed by atoms with E-state index >= 15 is 0 Å². The molecule has 2 aromatic carbocycles. The van der Waals surface area contributed by atoms with E-state index in [4.69, 9.17) is 10.5 Å². The van der Waals surface area contributed by atoms with Crippen LogP contribution in [0.15, 0.2) is 53.5 Å². The van der Waals surface area contributed by atoms with Crippen molar-refractivity contribution in [2.24, 2.45) is 5.73 Å². The smallest absolute Gasteiger partial charge is 0.268 e. The number of halogens is 1. The molecule has 162 valence electrons. The van der Waals surface area contributed by atoms with Crippen LogP contribution >= 0.6 is 0 Å². The van der Waals surface area contributed by atoms with E-state index in [0.29, 0.717) is 42.0 Å². The molecule has 0 atom stereocenters. The zero-order chi connectivity index (χ0) is 22.4. The summed E-state index contributed by atoms with van der Waals surface area (Å²) in [7, 11) is 0. The van der Waals surface area contributed by atoms with Crippen LogP contribution in [0.25, 0.3) is 5.69 Å². The van der Waals surface area contributed by atoms with Gasteiger partial charge in [-0.05, 0) is 65.6 Å². The molecular formula is C24H20FN3O4. The first kappa shape index (κ1) is 20.0. The number of pyridine rings is 1. The predicted octanol–water partition coefficient (Wildman–Crippen LogP) is 2.21. The van der Waals surface area contributed by atoms with Crippen molar-refractivity contribution < 1.29 is 18.7 Å². The molecule has 2 N–H and O–H groups in total. The number of nitrogens with two attached hydrogens (primary N) is 1. The largest absolute Gasteiger partial charge is 0.493 e. The molecule has 0 bridgehead atoms. The summed E-state index contributed by atoms with van der Waals surface area (Å²) in [6, 6.07) is 10.8. The van der Waals surface area contributed by atoms with Crippen molar-refractivity contribution in [3.63, 3.8) is 0 Å². The molecule has 2 amide bonds. The molecule has 0 fully saturated rings. The zero-order valence-corrected chi connectivity index (χ0v) is 17.1. The van der Waals surface area contributed by atoms with Crippen LogP contribution < -0.4 is 16.0 Å². The zero-order valence-electron chi connectivity index (χ0n) is 17.1. The summed E-state index contributed by atoms with van der Waals surface area (Å²) >= 11 is 0. The Bertz CT molecular complexity index is 1310. The fraction of sp³-hybridized carbons (Fsp3) is 0.208.